The van der Waals surface area contributed by atoms with Crippen molar-refractivity contribution in [1.29, 1.82) is 0 Å². The van der Waals surface area contributed by atoms with Crippen LogP contribution >= 0.6 is 0 Å². The summed E-state index contributed by atoms with van der Waals surface area (Å²) in [6.07, 6.45) is 2.51. The van der Waals surface area contributed by atoms with E-state index < -0.39 is 11.9 Å². The number of pyridine rings is 1. The summed E-state index contributed by atoms with van der Waals surface area (Å²) in [6, 6.07) is 2.39. The number of carboxylic acids is 1. The van der Waals surface area contributed by atoms with Crippen molar-refractivity contribution in [3.63, 3.8) is 0 Å². The second-order valence-corrected chi connectivity index (χ2v) is 4.62. The van der Waals surface area contributed by atoms with Crippen LogP contribution in [0.2, 0.25) is 0 Å². The Bertz CT molecular complexity index is 693. The number of rotatable bonds is 3. The van der Waals surface area contributed by atoms with Gasteiger partial charge in [0.1, 0.15) is 0 Å². The zero-order valence-electron chi connectivity index (χ0n) is 10.7. The molecule has 2 aromatic heterocycles. The van der Waals surface area contributed by atoms with Crippen molar-refractivity contribution < 1.29 is 19.1 Å². The summed E-state index contributed by atoms with van der Waals surface area (Å²) in [7, 11) is 0. The molecule has 9 heteroatoms. The number of carboxylic acid groups (broad SMARTS) is 1. The number of aromatic nitrogens is 4. The molecule has 1 fully saturated rings. The van der Waals surface area contributed by atoms with Crippen LogP contribution in [-0.2, 0) is 0 Å². The molecule has 8 nitrogen and oxygen atoms in total. The highest BCUT2D eigenvalue weighted by atomic mass is 19.1. The van der Waals surface area contributed by atoms with E-state index in [0.29, 0.717) is 18.7 Å². The molecule has 0 radical (unpaired) electrons. The van der Waals surface area contributed by atoms with Gasteiger partial charge in [-0.2, -0.15) is 4.39 Å². The molecular weight excluding hydrogens is 281 g/mol. The van der Waals surface area contributed by atoms with Crippen LogP contribution in [0, 0.1) is 5.95 Å². The Morgan fingerprint density at radius 3 is 2.67 bits per heavy atom. The van der Waals surface area contributed by atoms with Gasteiger partial charge in [-0.1, -0.05) is 5.21 Å². The molecule has 0 atom stereocenters. The van der Waals surface area contributed by atoms with Crippen molar-refractivity contribution in [2.24, 2.45) is 0 Å². The number of hydrogen-bond acceptors (Lipinski definition) is 5. The lowest BCUT2D eigenvalue weighted by Crippen LogP contribution is -2.50. The molecule has 1 amide bonds. The van der Waals surface area contributed by atoms with Gasteiger partial charge in [-0.25, -0.2) is 14.5 Å². The molecule has 108 valence electrons. The molecule has 3 heterocycles. The minimum Gasteiger partial charge on any atom is -0.476 e. The van der Waals surface area contributed by atoms with Gasteiger partial charge in [0.05, 0.1) is 17.8 Å². The molecular formula is C12H10FN5O3. The molecule has 21 heavy (non-hydrogen) atoms. The number of hydrogen-bond donors (Lipinski definition) is 1. The first kappa shape index (κ1) is 13.2. The standard InChI is InChI=1S/C12H10FN5O3/c13-10-2-1-7(3-14-10)11(19)17-4-8(5-17)18-6-9(12(20)21)15-16-18/h1-3,6,8H,4-5H2,(H,20,21). The van der Waals surface area contributed by atoms with Gasteiger partial charge >= 0.3 is 5.97 Å². The largest absolute Gasteiger partial charge is 0.476 e. The van der Waals surface area contributed by atoms with Gasteiger partial charge in [0.25, 0.3) is 5.91 Å². The highest BCUT2D eigenvalue weighted by molar-refractivity contribution is 5.94. The third-order valence-corrected chi connectivity index (χ3v) is 3.23. The lowest BCUT2D eigenvalue weighted by Gasteiger charge is -2.38. The Hall–Kier alpha value is -2.84. The van der Waals surface area contributed by atoms with Gasteiger partial charge in [-0.05, 0) is 12.1 Å². The topological polar surface area (TPSA) is 101 Å². The summed E-state index contributed by atoms with van der Waals surface area (Å²) in [5, 5.41) is 16.0. The summed E-state index contributed by atoms with van der Waals surface area (Å²) in [5.41, 5.74) is 0.169. The third kappa shape index (κ3) is 2.45. The molecule has 1 N–H and O–H groups in total. The molecule has 3 rings (SSSR count). The van der Waals surface area contributed by atoms with E-state index in [4.69, 9.17) is 5.11 Å². The molecule has 1 aliphatic heterocycles. The van der Waals surface area contributed by atoms with Crippen molar-refractivity contribution in [2.45, 2.75) is 6.04 Å². The van der Waals surface area contributed by atoms with Crippen LogP contribution in [0.4, 0.5) is 4.39 Å². The normalized spacial score (nSPS) is 14.8. The maximum Gasteiger partial charge on any atom is 0.358 e. The van der Waals surface area contributed by atoms with Gasteiger partial charge < -0.3 is 10.0 Å². The maximum atomic E-state index is 12.7. The van der Waals surface area contributed by atoms with E-state index in [2.05, 4.69) is 15.3 Å². The van der Waals surface area contributed by atoms with Crippen molar-refractivity contribution in [3.8, 4) is 0 Å². The van der Waals surface area contributed by atoms with Gasteiger partial charge in [0.2, 0.25) is 5.95 Å². The first-order valence-corrected chi connectivity index (χ1v) is 6.10. The summed E-state index contributed by atoms with van der Waals surface area (Å²) < 4.78 is 14.1. The first-order chi connectivity index (χ1) is 10.0. The zero-order valence-corrected chi connectivity index (χ0v) is 10.7. The minimum atomic E-state index is -1.15. The van der Waals surface area contributed by atoms with Gasteiger partial charge in [-0.15, -0.1) is 5.10 Å². The van der Waals surface area contributed by atoms with E-state index in [1.165, 1.54) is 23.1 Å². The second kappa shape index (κ2) is 4.93. The number of aromatic carboxylic acids is 1. The average Bonchev–Trinajstić information content (AvgIpc) is 2.87. The fourth-order valence-corrected chi connectivity index (χ4v) is 2.03. The number of amides is 1. The Morgan fingerprint density at radius 2 is 2.10 bits per heavy atom. The Labute approximate surface area is 117 Å². The van der Waals surface area contributed by atoms with E-state index in [0.717, 1.165) is 6.07 Å². The Balaban J connectivity index is 1.63. The number of halogens is 1. The van der Waals surface area contributed by atoms with Crippen molar-refractivity contribution in [2.75, 3.05) is 13.1 Å². The first-order valence-electron chi connectivity index (χ1n) is 6.10. The third-order valence-electron chi connectivity index (χ3n) is 3.23. The maximum absolute atomic E-state index is 12.7. The monoisotopic (exact) mass is 291 g/mol. The second-order valence-electron chi connectivity index (χ2n) is 4.62. The highest BCUT2D eigenvalue weighted by Gasteiger charge is 2.33. The fraction of sp³-hybridized carbons (Fsp3) is 0.250. The van der Waals surface area contributed by atoms with Crippen molar-refractivity contribution >= 4 is 11.9 Å². The smallest absolute Gasteiger partial charge is 0.358 e. The van der Waals surface area contributed by atoms with Gasteiger partial charge in [0, 0.05) is 19.3 Å². The van der Waals surface area contributed by atoms with Crippen LogP contribution < -0.4 is 0 Å². The molecule has 2 aromatic rings. The molecule has 0 unspecified atom stereocenters. The van der Waals surface area contributed by atoms with Crippen LogP contribution in [0.5, 0.6) is 0 Å². The fourth-order valence-electron chi connectivity index (χ4n) is 2.03. The van der Waals surface area contributed by atoms with E-state index in [9.17, 15) is 14.0 Å². The van der Waals surface area contributed by atoms with Gasteiger partial charge in [-0.3, -0.25) is 4.79 Å². The zero-order chi connectivity index (χ0) is 15.0. The molecule has 0 aliphatic carbocycles. The summed E-state index contributed by atoms with van der Waals surface area (Å²) in [5.74, 6) is -2.04. The van der Waals surface area contributed by atoms with Crippen LogP contribution in [-0.4, -0.2) is 55.0 Å². The molecule has 1 aliphatic rings. The average molecular weight is 291 g/mol. The Morgan fingerprint density at radius 1 is 1.33 bits per heavy atom. The summed E-state index contributed by atoms with van der Waals surface area (Å²) in [6.45, 7) is 0.775. The molecule has 0 saturated carbocycles. The highest BCUT2D eigenvalue weighted by Crippen LogP contribution is 2.22. The molecule has 0 bridgehead atoms. The van der Waals surface area contributed by atoms with Crippen LogP contribution in [0.1, 0.15) is 26.9 Å². The van der Waals surface area contributed by atoms with Crippen LogP contribution in [0.3, 0.4) is 0 Å². The van der Waals surface area contributed by atoms with E-state index in [1.54, 1.807) is 4.90 Å². The van der Waals surface area contributed by atoms with Crippen LogP contribution in [0.15, 0.2) is 24.5 Å². The summed E-state index contributed by atoms with van der Waals surface area (Å²) in [4.78, 5) is 27.7. The molecule has 1 saturated heterocycles. The molecule has 0 aromatic carbocycles. The number of carbonyl (C=O) groups is 2. The predicted molar refractivity (Wildman–Crippen MR) is 66.1 cm³/mol. The number of nitrogens with zero attached hydrogens (tertiary/aromatic N) is 5. The predicted octanol–water partition coefficient (Wildman–Crippen LogP) is 0.208. The molecule has 0 spiro atoms. The van der Waals surface area contributed by atoms with Crippen molar-refractivity contribution in [3.05, 3.63) is 41.7 Å². The van der Waals surface area contributed by atoms with E-state index in [1.807, 2.05) is 0 Å². The summed E-state index contributed by atoms with van der Waals surface area (Å²) >= 11 is 0. The van der Waals surface area contributed by atoms with E-state index >= 15 is 0 Å². The Kier molecular flexibility index (Phi) is 3.09. The quantitative estimate of drug-likeness (QED) is 0.811. The van der Waals surface area contributed by atoms with Crippen molar-refractivity contribution in [1.82, 2.24) is 24.9 Å². The number of likely N-dealkylation sites (tertiary alicyclic amines) is 1. The van der Waals surface area contributed by atoms with Crippen LogP contribution in [0.25, 0.3) is 0 Å². The van der Waals surface area contributed by atoms with E-state index in [-0.39, 0.29) is 17.6 Å². The number of carbonyl (C=O) groups excluding carboxylic acids is 1. The lowest BCUT2D eigenvalue weighted by atomic mass is 10.1. The minimum absolute atomic E-state index is 0.108. The lowest BCUT2D eigenvalue weighted by molar-refractivity contribution is 0.0497. The van der Waals surface area contributed by atoms with Gasteiger partial charge in [0.15, 0.2) is 5.69 Å². The SMILES string of the molecule is O=C(O)c1cn(C2CN(C(=O)c3ccc(F)nc3)C2)nn1.